The van der Waals surface area contributed by atoms with Crippen LogP contribution < -0.4 is 5.32 Å². The van der Waals surface area contributed by atoms with Crippen molar-refractivity contribution >= 4 is 23.2 Å². The zero-order valence-corrected chi connectivity index (χ0v) is 17.4. The standard InChI is InChI=1S/C23H24ClN3O/c1-5-16-10-9-11-17(6-2)21(16)27-23(28)19-20(24)14(3)15(4)26-22(19)18-12-7-8-13-25-18/h7-13H,5-6H2,1-4H3,(H,27,28). The molecule has 2 heterocycles. The number of pyridine rings is 2. The maximum Gasteiger partial charge on any atom is 0.259 e. The highest BCUT2D eigenvalue weighted by Gasteiger charge is 2.23. The van der Waals surface area contributed by atoms with Crippen molar-refractivity contribution < 1.29 is 4.79 Å². The highest BCUT2D eigenvalue weighted by molar-refractivity contribution is 6.36. The third kappa shape index (κ3) is 3.78. The molecule has 2 aromatic heterocycles. The maximum atomic E-state index is 13.4. The molecule has 0 unspecified atom stereocenters. The van der Waals surface area contributed by atoms with Gasteiger partial charge in [-0.2, -0.15) is 0 Å². The van der Waals surface area contributed by atoms with Crippen LogP contribution in [0.15, 0.2) is 42.6 Å². The number of nitrogens with one attached hydrogen (secondary N) is 1. The lowest BCUT2D eigenvalue weighted by Gasteiger charge is -2.18. The molecule has 0 aliphatic rings. The molecule has 0 fully saturated rings. The van der Waals surface area contributed by atoms with E-state index in [1.165, 1.54) is 0 Å². The zero-order chi connectivity index (χ0) is 20.3. The van der Waals surface area contributed by atoms with Crippen LogP contribution in [0.2, 0.25) is 5.02 Å². The van der Waals surface area contributed by atoms with Gasteiger partial charge in [0.05, 0.1) is 16.3 Å². The number of carbonyl (C=O) groups excluding carboxylic acids is 1. The van der Waals surface area contributed by atoms with E-state index in [0.29, 0.717) is 22.0 Å². The number of aromatic nitrogens is 2. The van der Waals surface area contributed by atoms with Crippen LogP contribution in [0, 0.1) is 13.8 Å². The zero-order valence-electron chi connectivity index (χ0n) is 16.6. The number of nitrogens with zero attached hydrogens (tertiary/aromatic N) is 2. The highest BCUT2D eigenvalue weighted by atomic mass is 35.5. The Bertz CT molecular complexity index is 994. The Morgan fingerprint density at radius 3 is 2.29 bits per heavy atom. The maximum absolute atomic E-state index is 13.4. The quantitative estimate of drug-likeness (QED) is 0.596. The molecular weight excluding hydrogens is 370 g/mol. The lowest BCUT2D eigenvalue weighted by atomic mass is 10.0. The minimum absolute atomic E-state index is 0.267. The summed E-state index contributed by atoms with van der Waals surface area (Å²) < 4.78 is 0. The van der Waals surface area contributed by atoms with Crippen LogP contribution >= 0.6 is 11.6 Å². The van der Waals surface area contributed by atoms with Crippen molar-refractivity contribution in [3.63, 3.8) is 0 Å². The first kappa shape index (κ1) is 20.0. The first-order valence-corrected chi connectivity index (χ1v) is 9.85. The third-order valence-corrected chi connectivity index (χ3v) is 5.45. The molecule has 28 heavy (non-hydrogen) atoms. The molecule has 0 aliphatic heterocycles. The second-order valence-corrected chi connectivity index (χ2v) is 7.07. The number of halogens is 1. The molecule has 1 aromatic carbocycles. The summed E-state index contributed by atoms with van der Waals surface area (Å²) in [5.74, 6) is -0.267. The number of aryl methyl sites for hydroxylation is 3. The van der Waals surface area contributed by atoms with Crippen LogP contribution in [0.25, 0.3) is 11.4 Å². The van der Waals surface area contributed by atoms with Gasteiger partial charge in [-0.05, 0) is 55.5 Å². The normalized spacial score (nSPS) is 10.8. The molecule has 4 nitrogen and oxygen atoms in total. The van der Waals surface area contributed by atoms with Gasteiger partial charge in [0.25, 0.3) is 5.91 Å². The largest absolute Gasteiger partial charge is 0.321 e. The van der Waals surface area contributed by atoms with Crippen molar-refractivity contribution in [1.82, 2.24) is 9.97 Å². The number of rotatable bonds is 5. The Kier molecular flexibility index (Phi) is 6.10. The fraction of sp³-hybridized carbons (Fsp3) is 0.261. The van der Waals surface area contributed by atoms with Crippen molar-refractivity contribution in [1.29, 1.82) is 0 Å². The van der Waals surface area contributed by atoms with Gasteiger partial charge in [-0.1, -0.05) is 49.7 Å². The summed E-state index contributed by atoms with van der Waals surface area (Å²) in [4.78, 5) is 22.4. The fourth-order valence-corrected chi connectivity index (χ4v) is 3.54. The third-order valence-electron chi connectivity index (χ3n) is 4.98. The summed E-state index contributed by atoms with van der Waals surface area (Å²) in [6.07, 6.45) is 3.34. The van der Waals surface area contributed by atoms with Gasteiger partial charge in [0.15, 0.2) is 0 Å². The number of hydrogen-bond acceptors (Lipinski definition) is 3. The van der Waals surface area contributed by atoms with E-state index in [0.717, 1.165) is 40.9 Å². The number of benzene rings is 1. The molecule has 1 N–H and O–H groups in total. The van der Waals surface area contributed by atoms with Gasteiger partial charge in [0.1, 0.15) is 5.69 Å². The van der Waals surface area contributed by atoms with E-state index >= 15 is 0 Å². The second kappa shape index (κ2) is 8.53. The van der Waals surface area contributed by atoms with E-state index < -0.39 is 0 Å². The van der Waals surface area contributed by atoms with E-state index in [-0.39, 0.29) is 5.91 Å². The number of carbonyl (C=O) groups is 1. The molecule has 0 spiro atoms. The molecule has 0 aliphatic carbocycles. The Morgan fingerprint density at radius 1 is 1.04 bits per heavy atom. The Labute approximate surface area is 171 Å². The van der Waals surface area contributed by atoms with Crippen molar-refractivity contribution in [2.45, 2.75) is 40.5 Å². The summed E-state index contributed by atoms with van der Waals surface area (Å²) >= 11 is 6.63. The summed E-state index contributed by atoms with van der Waals surface area (Å²) in [5.41, 5.74) is 6.11. The SMILES string of the molecule is CCc1cccc(CC)c1NC(=O)c1c(-c2ccccn2)nc(C)c(C)c1Cl. The van der Waals surface area contributed by atoms with Crippen molar-refractivity contribution in [3.05, 3.63) is 75.6 Å². The molecule has 0 atom stereocenters. The van der Waals surface area contributed by atoms with Gasteiger partial charge in [0.2, 0.25) is 0 Å². The van der Waals surface area contributed by atoms with Crippen LogP contribution in [0.5, 0.6) is 0 Å². The Morgan fingerprint density at radius 2 is 1.71 bits per heavy atom. The van der Waals surface area contributed by atoms with Gasteiger partial charge in [-0.25, -0.2) is 0 Å². The van der Waals surface area contributed by atoms with Gasteiger partial charge in [-0.3, -0.25) is 14.8 Å². The van der Waals surface area contributed by atoms with Gasteiger partial charge in [-0.15, -0.1) is 0 Å². The molecule has 5 heteroatoms. The van der Waals surface area contributed by atoms with Crippen molar-refractivity contribution in [3.8, 4) is 11.4 Å². The molecule has 0 radical (unpaired) electrons. The lowest BCUT2D eigenvalue weighted by molar-refractivity contribution is 0.102. The summed E-state index contributed by atoms with van der Waals surface area (Å²) in [7, 11) is 0. The smallest absolute Gasteiger partial charge is 0.259 e. The van der Waals surface area contributed by atoms with Crippen LogP contribution in [-0.2, 0) is 12.8 Å². The summed E-state index contributed by atoms with van der Waals surface area (Å²) in [6.45, 7) is 7.92. The Balaban J connectivity index is 2.14. The van der Waals surface area contributed by atoms with Crippen molar-refractivity contribution in [2.24, 2.45) is 0 Å². The van der Waals surface area contributed by atoms with Crippen LogP contribution in [0.3, 0.4) is 0 Å². The molecule has 0 saturated heterocycles. The predicted molar refractivity (Wildman–Crippen MR) is 115 cm³/mol. The van der Waals surface area contributed by atoms with Gasteiger partial charge in [0, 0.05) is 17.6 Å². The Hall–Kier alpha value is -2.72. The summed E-state index contributed by atoms with van der Waals surface area (Å²) in [6, 6.07) is 11.6. The predicted octanol–water partition coefficient (Wildman–Crippen LogP) is 5.79. The second-order valence-electron chi connectivity index (χ2n) is 6.69. The number of anilines is 1. The molecule has 3 rings (SSSR count). The summed E-state index contributed by atoms with van der Waals surface area (Å²) in [5, 5.41) is 3.52. The minimum Gasteiger partial charge on any atom is -0.321 e. The van der Waals surface area contributed by atoms with E-state index in [1.807, 2.05) is 50.2 Å². The average molecular weight is 394 g/mol. The van der Waals surface area contributed by atoms with Crippen LogP contribution in [0.1, 0.15) is 46.6 Å². The van der Waals surface area contributed by atoms with Gasteiger partial charge < -0.3 is 5.32 Å². The molecule has 3 aromatic rings. The number of para-hydroxylation sites is 1. The van der Waals surface area contributed by atoms with Crippen LogP contribution in [-0.4, -0.2) is 15.9 Å². The number of hydrogen-bond donors (Lipinski definition) is 1. The molecule has 144 valence electrons. The van der Waals surface area contributed by atoms with E-state index in [2.05, 4.69) is 29.1 Å². The highest BCUT2D eigenvalue weighted by Crippen LogP contribution is 2.32. The van der Waals surface area contributed by atoms with E-state index in [9.17, 15) is 4.79 Å². The first-order chi connectivity index (χ1) is 13.5. The van der Waals surface area contributed by atoms with E-state index in [1.54, 1.807) is 6.20 Å². The average Bonchev–Trinajstić information content (AvgIpc) is 2.72. The molecule has 0 saturated carbocycles. The van der Waals surface area contributed by atoms with Crippen LogP contribution in [0.4, 0.5) is 5.69 Å². The molecule has 0 bridgehead atoms. The van der Waals surface area contributed by atoms with Gasteiger partial charge >= 0.3 is 0 Å². The number of amides is 1. The lowest BCUT2D eigenvalue weighted by Crippen LogP contribution is -2.18. The molecule has 1 amide bonds. The molecular formula is C23H24ClN3O. The van der Waals surface area contributed by atoms with E-state index in [4.69, 9.17) is 11.6 Å². The van der Waals surface area contributed by atoms with Crippen molar-refractivity contribution in [2.75, 3.05) is 5.32 Å². The monoisotopic (exact) mass is 393 g/mol. The first-order valence-electron chi connectivity index (χ1n) is 9.48. The minimum atomic E-state index is -0.267. The fourth-order valence-electron chi connectivity index (χ4n) is 3.23. The topological polar surface area (TPSA) is 54.9 Å².